The third-order valence-corrected chi connectivity index (χ3v) is 2.50. The second-order valence-corrected chi connectivity index (χ2v) is 4.07. The summed E-state index contributed by atoms with van der Waals surface area (Å²) >= 11 is 3.39. The molecule has 76 valence electrons. The minimum atomic E-state index is 0.248. The van der Waals surface area contributed by atoms with Gasteiger partial charge in [0.1, 0.15) is 5.75 Å². The number of nitrogens with one attached hydrogen (secondary N) is 1. The molecule has 0 unspecified atom stereocenters. The average Bonchev–Trinajstić information content (AvgIpc) is 2.22. The van der Waals surface area contributed by atoms with Gasteiger partial charge in [-0.2, -0.15) is 0 Å². The first kappa shape index (κ1) is 10.1. The number of halogens is 1. The van der Waals surface area contributed by atoms with E-state index in [0.29, 0.717) is 5.69 Å². The van der Waals surface area contributed by atoms with Crippen LogP contribution in [0.1, 0.15) is 0 Å². The number of phenolic OH excluding ortho intramolecular Hbond substituents is 1. The fourth-order valence-corrected chi connectivity index (χ4v) is 1.70. The molecule has 2 nitrogen and oxygen atoms in total. The van der Waals surface area contributed by atoms with Crippen LogP contribution in [0.3, 0.4) is 0 Å². The minimum Gasteiger partial charge on any atom is -0.506 e. The molecule has 0 heterocycles. The Labute approximate surface area is 96.7 Å². The SMILES string of the molecule is Oc1ccccc1Nc1cccc(Br)c1. The predicted octanol–water partition coefficient (Wildman–Crippen LogP) is 3.90. The van der Waals surface area contributed by atoms with E-state index in [0.717, 1.165) is 10.2 Å². The van der Waals surface area contributed by atoms with E-state index in [1.807, 2.05) is 36.4 Å². The maximum atomic E-state index is 9.57. The summed E-state index contributed by atoms with van der Waals surface area (Å²) in [6.07, 6.45) is 0. The van der Waals surface area contributed by atoms with Crippen molar-refractivity contribution in [2.24, 2.45) is 0 Å². The molecular formula is C12H10BrNO. The summed E-state index contributed by atoms with van der Waals surface area (Å²) in [6, 6.07) is 14.9. The molecule has 15 heavy (non-hydrogen) atoms. The molecule has 0 aliphatic heterocycles. The number of benzene rings is 2. The van der Waals surface area contributed by atoms with Crippen molar-refractivity contribution in [3.8, 4) is 5.75 Å². The molecule has 3 heteroatoms. The summed E-state index contributed by atoms with van der Waals surface area (Å²) in [6.45, 7) is 0. The number of aromatic hydroxyl groups is 1. The lowest BCUT2D eigenvalue weighted by Gasteiger charge is -2.08. The topological polar surface area (TPSA) is 32.3 Å². The first-order chi connectivity index (χ1) is 7.25. The number of para-hydroxylation sites is 2. The number of hydrogen-bond donors (Lipinski definition) is 2. The van der Waals surface area contributed by atoms with E-state index in [9.17, 15) is 5.11 Å². The molecule has 0 amide bonds. The van der Waals surface area contributed by atoms with Crippen molar-refractivity contribution < 1.29 is 5.11 Å². The molecule has 0 saturated heterocycles. The van der Waals surface area contributed by atoms with Gasteiger partial charge in [0, 0.05) is 10.2 Å². The highest BCUT2D eigenvalue weighted by Crippen LogP contribution is 2.26. The highest BCUT2D eigenvalue weighted by Gasteiger charge is 1.99. The van der Waals surface area contributed by atoms with Crippen molar-refractivity contribution in [1.29, 1.82) is 0 Å². The van der Waals surface area contributed by atoms with Crippen LogP contribution in [-0.2, 0) is 0 Å². The van der Waals surface area contributed by atoms with Crippen LogP contribution in [0.4, 0.5) is 11.4 Å². The predicted molar refractivity (Wildman–Crippen MR) is 65.5 cm³/mol. The molecule has 2 aromatic carbocycles. The van der Waals surface area contributed by atoms with Crippen molar-refractivity contribution in [2.45, 2.75) is 0 Å². The molecule has 0 spiro atoms. The lowest BCUT2D eigenvalue weighted by Crippen LogP contribution is -1.89. The van der Waals surface area contributed by atoms with Crippen LogP contribution in [0, 0.1) is 0 Å². The van der Waals surface area contributed by atoms with Gasteiger partial charge >= 0.3 is 0 Å². The molecule has 0 aliphatic rings. The Kier molecular flexibility index (Phi) is 2.92. The minimum absolute atomic E-state index is 0.248. The molecule has 2 N–H and O–H groups in total. The second-order valence-electron chi connectivity index (χ2n) is 3.15. The molecule has 0 saturated carbocycles. The van der Waals surface area contributed by atoms with Gasteiger partial charge in [-0.05, 0) is 30.3 Å². The zero-order valence-corrected chi connectivity index (χ0v) is 9.53. The summed E-state index contributed by atoms with van der Waals surface area (Å²) in [7, 11) is 0. The third-order valence-electron chi connectivity index (χ3n) is 2.01. The molecule has 2 aromatic rings. The van der Waals surface area contributed by atoms with Crippen molar-refractivity contribution >= 4 is 27.3 Å². The monoisotopic (exact) mass is 263 g/mol. The third kappa shape index (κ3) is 2.50. The van der Waals surface area contributed by atoms with Gasteiger partial charge in [0.25, 0.3) is 0 Å². The second kappa shape index (κ2) is 4.36. The van der Waals surface area contributed by atoms with Crippen molar-refractivity contribution in [3.63, 3.8) is 0 Å². The number of anilines is 2. The van der Waals surface area contributed by atoms with Gasteiger partial charge in [-0.1, -0.05) is 34.1 Å². The van der Waals surface area contributed by atoms with Crippen LogP contribution in [0.2, 0.25) is 0 Å². The molecule has 2 rings (SSSR count). The van der Waals surface area contributed by atoms with Crippen LogP contribution in [0.5, 0.6) is 5.75 Å². The van der Waals surface area contributed by atoms with Gasteiger partial charge in [-0.25, -0.2) is 0 Å². The molecule has 0 aromatic heterocycles. The lowest BCUT2D eigenvalue weighted by atomic mass is 10.2. The standard InChI is InChI=1S/C12H10BrNO/c13-9-4-3-5-10(8-9)14-11-6-1-2-7-12(11)15/h1-8,14-15H. The highest BCUT2D eigenvalue weighted by atomic mass is 79.9. The molecular weight excluding hydrogens is 254 g/mol. The van der Waals surface area contributed by atoms with Crippen LogP contribution in [0.15, 0.2) is 53.0 Å². The number of rotatable bonds is 2. The number of phenols is 1. The molecule has 0 radical (unpaired) electrons. The molecule has 0 atom stereocenters. The molecule has 0 bridgehead atoms. The van der Waals surface area contributed by atoms with E-state index in [1.165, 1.54) is 0 Å². The van der Waals surface area contributed by atoms with Crippen molar-refractivity contribution in [1.82, 2.24) is 0 Å². The van der Waals surface area contributed by atoms with E-state index in [1.54, 1.807) is 12.1 Å². The van der Waals surface area contributed by atoms with Gasteiger partial charge < -0.3 is 10.4 Å². The fourth-order valence-electron chi connectivity index (χ4n) is 1.30. The summed E-state index contributed by atoms with van der Waals surface area (Å²) in [5, 5.41) is 12.7. The van der Waals surface area contributed by atoms with Crippen molar-refractivity contribution in [2.75, 3.05) is 5.32 Å². The van der Waals surface area contributed by atoms with Gasteiger partial charge in [0.2, 0.25) is 0 Å². The first-order valence-corrected chi connectivity index (χ1v) is 5.35. The van der Waals surface area contributed by atoms with Crippen molar-refractivity contribution in [3.05, 3.63) is 53.0 Å². The van der Waals surface area contributed by atoms with E-state index >= 15 is 0 Å². The summed E-state index contributed by atoms with van der Waals surface area (Å²) < 4.78 is 1.00. The Hall–Kier alpha value is -1.48. The van der Waals surface area contributed by atoms with Crippen LogP contribution in [0.25, 0.3) is 0 Å². The zero-order valence-electron chi connectivity index (χ0n) is 7.94. The van der Waals surface area contributed by atoms with Gasteiger partial charge in [0.05, 0.1) is 5.69 Å². The quantitative estimate of drug-likeness (QED) is 0.806. The fraction of sp³-hybridized carbons (Fsp3) is 0. The Morgan fingerprint density at radius 2 is 1.80 bits per heavy atom. The van der Waals surface area contributed by atoms with Gasteiger partial charge in [-0.15, -0.1) is 0 Å². The normalized spacial score (nSPS) is 9.93. The Bertz CT molecular complexity index is 471. The van der Waals surface area contributed by atoms with Gasteiger partial charge in [0.15, 0.2) is 0 Å². The summed E-state index contributed by atoms with van der Waals surface area (Å²) in [5.74, 6) is 0.248. The van der Waals surface area contributed by atoms with E-state index in [-0.39, 0.29) is 5.75 Å². The van der Waals surface area contributed by atoms with E-state index < -0.39 is 0 Å². The Morgan fingerprint density at radius 3 is 2.53 bits per heavy atom. The molecule has 0 aliphatic carbocycles. The summed E-state index contributed by atoms with van der Waals surface area (Å²) in [5.41, 5.74) is 1.64. The maximum absolute atomic E-state index is 9.57. The van der Waals surface area contributed by atoms with Crippen LogP contribution >= 0.6 is 15.9 Å². The van der Waals surface area contributed by atoms with E-state index in [4.69, 9.17) is 0 Å². The largest absolute Gasteiger partial charge is 0.506 e. The zero-order chi connectivity index (χ0) is 10.7. The van der Waals surface area contributed by atoms with E-state index in [2.05, 4.69) is 21.2 Å². The Balaban J connectivity index is 2.26. The summed E-state index contributed by atoms with van der Waals surface area (Å²) in [4.78, 5) is 0. The van der Waals surface area contributed by atoms with Gasteiger partial charge in [-0.3, -0.25) is 0 Å². The Morgan fingerprint density at radius 1 is 1.00 bits per heavy atom. The molecule has 0 fully saturated rings. The van der Waals surface area contributed by atoms with Crippen LogP contribution in [-0.4, -0.2) is 5.11 Å². The van der Waals surface area contributed by atoms with Crippen LogP contribution < -0.4 is 5.32 Å². The maximum Gasteiger partial charge on any atom is 0.139 e. The smallest absolute Gasteiger partial charge is 0.139 e. The first-order valence-electron chi connectivity index (χ1n) is 4.56. The lowest BCUT2D eigenvalue weighted by molar-refractivity contribution is 0.478. The highest BCUT2D eigenvalue weighted by molar-refractivity contribution is 9.10. The average molecular weight is 264 g/mol. The number of hydrogen-bond acceptors (Lipinski definition) is 2.